The molecule has 1 heterocycles. The predicted molar refractivity (Wildman–Crippen MR) is 176 cm³/mol. The monoisotopic (exact) mass is 693 g/mol. The first-order valence-corrected chi connectivity index (χ1v) is 15.6. The molecule has 2 aromatic carbocycles. The van der Waals surface area contributed by atoms with Crippen LogP contribution in [0.5, 0.6) is 0 Å². The summed E-state index contributed by atoms with van der Waals surface area (Å²) < 4.78 is 84.3. The fourth-order valence-electron chi connectivity index (χ4n) is 5.97. The first-order chi connectivity index (χ1) is 22.7. The van der Waals surface area contributed by atoms with Crippen LogP contribution in [0.1, 0.15) is 77.7 Å². The van der Waals surface area contributed by atoms with Gasteiger partial charge in [-0.15, -0.1) is 0 Å². The van der Waals surface area contributed by atoms with Crippen molar-refractivity contribution in [3.8, 4) is 11.1 Å². The van der Waals surface area contributed by atoms with Gasteiger partial charge in [-0.05, 0) is 105 Å². The number of aromatic nitrogens is 1. The number of alkyl halides is 3. The van der Waals surface area contributed by atoms with Gasteiger partial charge in [0.15, 0.2) is 0 Å². The van der Waals surface area contributed by atoms with Crippen molar-refractivity contribution >= 4 is 18.0 Å². The van der Waals surface area contributed by atoms with Crippen LogP contribution in [-0.4, -0.2) is 47.1 Å². The van der Waals surface area contributed by atoms with E-state index in [4.69, 9.17) is 0 Å². The van der Waals surface area contributed by atoms with E-state index >= 15 is 4.39 Å². The van der Waals surface area contributed by atoms with Crippen molar-refractivity contribution < 1.29 is 41.0 Å². The molecule has 0 bridgehead atoms. The number of aryl methyl sites for hydroxylation is 3. The quantitative estimate of drug-likeness (QED) is 0.178. The second kappa shape index (κ2) is 15.9. The van der Waals surface area contributed by atoms with Crippen LogP contribution in [0.2, 0.25) is 0 Å². The number of nitrogens with zero attached hydrogens (tertiary/aromatic N) is 2. The summed E-state index contributed by atoms with van der Waals surface area (Å²) in [5, 5.41) is 12.4. The summed E-state index contributed by atoms with van der Waals surface area (Å²) in [4.78, 5) is 40.8. The number of benzene rings is 2. The normalized spacial score (nSPS) is 13.0. The SMILES string of the molecule is Cc1cc(-c2c(C)cc(C=C(F)F)cc2C)cc([C@H](CC(=O)O)NC(=O)[C@@H](CC(C)C)n2cc(CCN(C)C)c(C(F)(F)F)cc2=O)c1F. The molecule has 7 nitrogen and oxygen atoms in total. The molecular formula is C36H41F6N3O4. The van der Waals surface area contributed by atoms with E-state index in [0.717, 1.165) is 10.8 Å². The number of likely N-dealkylation sites (N-methyl/N-ethyl adjacent to an activating group) is 1. The molecule has 2 atom stereocenters. The van der Waals surface area contributed by atoms with E-state index in [0.29, 0.717) is 34.4 Å². The van der Waals surface area contributed by atoms with E-state index in [1.54, 1.807) is 46.7 Å². The van der Waals surface area contributed by atoms with Crippen molar-refractivity contribution in [2.75, 3.05) is 20.6 Å². The molecule has 0 radical (unpaired) electrons. The summed E-state index contributed by atoms with van der Waals surface area (Å²) in [5.74, 6) is -3.27. The van der Waals surface area contributed by atoms with Crippen LogP contribution in [0.15, 0.2) is 47.4 Å². The molecule has 0 fully saturated rings. The molecule has 3 aromatic rings. The average Bonchev–Trinajstić information content (AvgIpc) is 2.95. The zero-order chi connectivity index (χ0) is 37.0. The molecular weight excluding hydrogens is 652 g/mol. The van der Waals surface area contributed by atoms with Crippen molar-refractivity contribution in [3.05, 3.63) is 97.7 Å². The highest BCUT2D eigenvalue weighted by atomic mass is 19.4. The maximum atomic E-state index is 15.8. The molecule has 1 amide bonds. The van der Waals surface area contributed by atoms with Gasteiger partial charge >= 0.3 is 12.1 Å². The molecule has 0 spiro atoms. The number of nitrogens with one attached hydrogen (secondary N) is 1. The number of hydrogen-bond acceptors (Lipinski definition) is 4. The third kappa shape index (κ3) is 10.1. The first kappa shape index (κ1) is 39.1. The molecule has 0 saturated carbocycles. The molecule has 3 rings (SSSR count). The topological polar surface area (TPSA) is 91.6 Å². The summed E-state index contributed by atoms with van der Waals surface area (Å²) >= 11 is 0. The van der Waals surface area contributed by atoms with Crippen LogP contribution in [-0.2, 0) is 22.2 Å². The first-order valence-electron chi connectivity index (χ1n) is 15.6. The Hall–Kier alpha value is -4.39. The molecule has 49 heavy (non-hydrogen) atoms. The van der Waals surface area contributed by atoms with Crippen LogP contribution in [0, 0.1) is 32.5 Å². The van der Waals surface area contributed by atoms with Crippen molar-refractivity contribution in [2.24, 2.45) is 5.92 Å². The highest BCUT2D eigenvalue weighted by Crippen LogP contribution is 2.35. The Bertz CT molecular complexity index is 1770. The van der Waals surface area contributed by atoms with Crippen molar-refractivity contribution in [1.29, 1.82) is 0 Å². The minimum atomic E-state index is -4.82. The fourth-order valence-corrected chi connectivity index (χ4v) is 5.97. The van der Waals surface area contributed by atoms with Gasteiger partial charge in [-0.1, -0.05) is 26.0 Å². The Balaban J connectivity index is 2.16. The van der Waals surface area contributed by atoms with Crippen LogP contribution >= 0.6 is 0 Å². The van der Waals surface area contributed by atoms with E-state index in [1.165, 1.54) is 31.2 Å². The lowest BCUT2D eigenvalue weighted by Crippen LogP contribution is -2.41. The molecule has 0 aliphatic heterocycles. The summed E-state index contributed by atoms with van der Waals surface area (Å²) in [6.45, 7) is 8.56. The Labute approximate surface area is 281 Å². The van der Waals surface area contributed by atoms with E-state index in [9.17, 15) is 41.4 Å². The third-order valence-corrected chi connectivity index (χ3v) is 8.10. The van der Waals surface area contributed by atoms with Gasteiger partial charge < -0.3 is 19.9 Å². The summed E-state index contributed by atoms with van der Waals surface area (Å²) in [5.41, 5.74) is 0.0662. The van der Waals surface area contributed by atoms with Crippen LogP contribution in [0.25, 0.3) is 17.2 Å². The Kier molecular flexibility index (Phi) is 12.7. The summed E-state index contributed by atoms with van der Waals surface area (Å²) in [6, 6.07) is 3.64. The van der Waals surface area contributed by atoms with Crippen LogP contribution < -0.4 is 10.9 Å². The maximum absolute atomic E-state index is 15.8. The van der Waals surface area contributed by atoms with E-state index in [-0.39, 0.29) is 47.6 Å². The Morgan fingerprint density at radius 1 is 1.00 bits per heavy atom. The van der Waals surface area contributed by atoms with Gasteiger partial charge in [-0.3, -0.25) is 14.4 Å². The van der Waals surface area contributed by atoms with Crippen molar-refractivity contribution in [3.63, 3.8) is 0 Å². The average molecular weight is 694 g/mol. The van der Waals surface area contributed by atoms with Gasteiger partial charge in [0, 0.05) is 30.4 Å². The minimum Gasteiger partial charge on any atom is -0.481 e. The smallest absolute Gasteiger partial charge is 0.416 e. The lowest BCUT2D eigenvalue weighted by molar-refractivity contribution is -0.139. The fraction of sp³-hybridized carbons (Fsp3) is 0.417. The molecule has 0 aliphatic carbocycles. The van der Waals surface area contributed by atoms with Gasteiger partial charge in [0.2, 0.25) is 5.91 Å². The van der Waals surface area contributed by atoms with Gasteiger partial charge in [-0.25, -0.2) is 4.39 Å². The number of rotatable bonds is 13. The molecule has 0 unspecified atom stereocenters. The third-order valence-electron chi connectivity index (χ3n) is 8.10. The number of amides is 1. The molecule has 13 heteroatoms. The van der Waals surface area contributed by atoms with Gasteiger partial charge in [0.05, 0.1) is 18.0 Å². The molecule has 0 aliphatic rings. The van der Waals surface area contributed by atoms with Crippen LogP contribution in [0.4, 0.5) is 26.3 Å². The maximum Gasteiger partial charge on any atom is 0.416 e. The molecule has 1 aromatic heterocycles. The Morgan fingerprint density at radius 3 is 2.12 bits per heavy atom. The minimum absolute atomic E-state index is 0.00419. The highest BCUT2D eigenvalue weighted by molar-refractivity contribution is 5.82. The Morgan fingerprint density at radius 2 is 1.61 bits per heavy atom. The summed E-state index contributed by atoms with van der Waals surface area (Å²) in [7, 11) is 3.36. The van der Waals surface area contributed by atoms with Gasteiger partial charge in [0.1, 0.15) is 11.9 Å². The summed E-state index contributed by atoms with van der Waals surface area (Å²) in [6.07, 6.45) is -5.78. The number of carboxylic acid groups (broad SMARTS) is 1. The standard InChI is InChI=1S/C36H41F6N3O4/c1-19(2)10-29(45-18-24(8-9-44(6)7)27(16-31(45)46)36(40,41)42)35(49)43-28(17-32(47)48)26-15-25(13-22(5)34(26)39)33-20(3)11-23(12-21(33)4)14-30(37)38/h11-16,18-19,28-29H,8-10,17H2,1-7H3,(H,43,49)(H,47,48)/t28-,29+/m0/s1. The van der Waals surface area contributed by atoms with Crippen molar-refractivity contribution in [2.45, 2.75) is 72.1 Å². The zero-order valence-electron chi connectivity index (χ0n) is 28.4. The van der Waals surface area contributed by atoms with E-state index < -0.39 is 59.6 Å². The number of carbonyl (C=O) groups excluding carboxylic acids is 1. The molecule has 2 N–H and O–H groups in total. The van der Waals surface area contributed by atoms with Gasteiger partial charge in [-0.2, -0.15) is 22.0 Å². The van der Waals surface area contributed by atoms with Crippen LogP contribution in [0.3, 0.4) is 0 Å². The largest absolute Gasteiger partial charge is 0.481 e. The van der Waals surface area contributed by atoms with E-state index in [1.807, 2.05) is 0 Å². The number of halogens is 6. The second-order valence-electron chi connectivity index (χ2n) is 13.0. The lowest BCUT2D eigenvalue weighted by Gasteiger charge is -2.27. The highest BCUT2D eigenvalue weighted by Gasteiger charge is 2.36. The van der Waals surface area contributed by atoms with E-state index in [2.05, 4.69) is 5.32 Å². The molecule has 266 valence electrons. The number of hydrogen-bond donors (Lipinski definition) is 2. The lowest BCUT2D eigenvalue weighted by atomic mass is 9.89. The van der Waals surface area contributed by atoms with Crippen molar-refractivity contribution in [1.82, 2.24) is 14.8 Å². The number of pyridine rings is 1. The number of carboxylic acids is 1. The second-order valence-corrected chi connectivity index (χ2v) is 13.0. The number of aliphatic carboxylic acids is 1. The predicted octanol–water partition coefficient (Wildman–Crippen LogP) is 7.86. The molecule has 0 saturated heterocycles. The van der Waals surface area contributed by atoms with Gasteiger partial charge in [0.25, 0.3) is 11.6 Å². The number of carbonyl (C=O) groups is 2. The zero-order valence-corrected chi connectivity index (χ0v) is 28.4.